The molecule has 0 aromatic rings. The van der Waals surface area contributed by atoms with E-state index < -0.39 is 23.3 Å². The SMILES string of the molecule is CCC(CC)C1(C)C(=O)NC(=O)NC1=O. The first-order valence-corrected chi connectivity index (χ1v) is 5.13. The maximum Gasteiger partial charge on any atom is 0.328 e. The Kier molecular flexibility index (Phi) is 3.12. The van der Waals surface area contributed by atoms with E-state index in [9.17, 15) is 14.4 Å². The summed E-state index contributed by atoms with van der Waals surface area (Å²) in [7, 11) is 0. The number of imide groups is 2. The molecule has 0 bridgehead atoms. The summed E-state index contributed by atoms with van der Waals surface area (Å²) in [4.78, 5) is 34.3. The molecule has 0 unspecified atom stereocenters. The Morgan fingerprint density at radius 3 is 1.80 bits per heavy atom. The van der Waals surface area contributed by atoms with Crippen molar-refractivity contribution in [3.8, 4) is 0 Å². The van der Waals surface area contributed by atoms with Crippen LogP contribution in [0.4, 0.5) is 4.79 Å². The molecule has 84 valence electrons. The van der Waals surface area contributed by atoms with Gasteiger partial charge in [-0.2, -0.15) is 0 Å². The molecule has 1 aliphatic rings. The van der Waals surface area contributed by atoms with Crippen LogP contribution in [0.1, 0.15) is 33.6 Å². The number of rotatable bonds is 3. The predicted octanol–water partition coefficient (Wildman–Crippen LogP) is 0.795. The Morgan fingerprint density at radius 2 is 1.47 bits per heavy atom. The van der Waals surface area contributed by atoms with E-state index in [1.54, 1.807) is 6.92 Å². The van der Waals surface area contributed by atoms with Crippen molar-refractivity contribution in [1.29, 1.82) is 0 Å². The van der Waals surface area contributed by atoms with Crippen LogP contribution in [0, 0.1) is 11.3 Å². The molecule has 1 saturated heterocycles. The van der Waals surface area contributed by atoms with E-state index in [1.165, 1.54) is 0 Å². The topological polar surface area (TPSA) is 75.3 Å². The molecule has 5 nitrogen and oxygen atoms in total. The molecule has 2 N–H and O–H groups in total. The van der Waals surface area contributed by atoms with Gasteiger partial charge in [-0.1, -0.05) is 26.7 Å². The number of hydrogen-bond acceptors (Lipinski definition) is 3. The van der Waals surface area contributed by atoms with Crippen LogP contribution in [0.5, 0.6) is 0 Å². The van der Waals surface area contributed by atoms with Gasteiger partial charge in [0.15, 0.2) is 0 Å². The second-order valence-corrected chi connectivity index (χ2v) is 3.95. The average Bonchev–Trinajstić information content (AvgIpc) is 2.16. The monoisotopic (exact) mass is 212 g/mol. The van der Waals surface area contributed by atoms with Gasteiger partial charge >= 0.3 is 6.03 Å². The molecule has 0 aliphatic carbocycles. The van der Waals surface area contributed by atoms with Crippen molar-refractivity contribution >= 4 is 17.8 Å². The van der Waals surface area contributed by atoms with E-state index in [1.807, 2.05) is 13.8 Å². The highest BCUT2D eigenvalue weighted by molar-refractivity contribution is 6.19. The molecule has 0 aromatic heterocycles. The standard InChI is InChI=1S/C10H16N2O3/c1-4-6(5-2)10(3)7(13)11-9(15)12-8(10)14/h6H,4-5H2,1-3H3,(H2,11,12,13,14,15). The lowest BCUT2D eigenvalue weighted by atomic mass is 9.72. The van der Waals surface area contributed by atoms with Gasteiger partial charge in [0, 0.05) is 0 Å². The van der Waals surface area contributed by atoms with E-state index in [2.05, 4.69) is 10.6 Å². The molecule has 0 saturated carbocycles. The molecule has 1 fully saturated rings. The summed E-state index contributed by atoms with van der Waals surface area (Å²) >= 11 is 0. The molecule has 15 heavy (non-hydrogen) atoms. The van der Waals surface area contributed by atoms with Gasteiger partial charge in [-0.15, -0.1) is 0 Å². The van der Waals surface area contributed by atoms with Gasteiger partial charge in [0.1, 0.15) is 5.41 Å². The van der Waals surface area contributed by atoms with Crippen LogP contribution in [-0.2, 0) is 9.59 Å². The van der Waals surface area contributed by atoms with Crippen LogP contribution in [0.15, 0.2) is 0 Å². The Bertz CT molecular complexity index is 288. The van der Waals surface area contributed by atoms with Crippen LogP contribution < -0.4 is 10.6 Å². The van der Waals surface area contributed by atoms with Crippen molar-refractivity contribution in [2.75, 3.05) is 0 Å². The third-order valence-electron chi connectivity index (χ3n) is 3.20. The van der Waals surface area contributed by atoms with Gasteiger partial charge in [0.25, 0.3) is 0 Å². The second kappa shape index (κ2) is 4.00. The second-order valence-electron chi connectivity index (χ2n) is 3.95. The Balaban J connectivity index is 3.03. The predicted molar refractivity (Wildman–Crippen MR) is 53.9 cm³/mol. The van der Waals surface area contributed by atoms with E-state index in [0.29, 0.717) is 0 Å². The summed E-state index contributed by atoms with van der Waals surface area (Å²) in [6.07, 6.45) is 1.45. The zero-order chi connectivity index (χ0) is 11.6. The number of amides is 4. The van der Waals surface area contributed by atoms with Gasteiger partial charge in [-0.3, -0.25) is 20.2 Å². The van der Waals surface area contributed by atoms with Crippen LogP contribution in [0.2, 0.25) is 0 Å². The Hall–Kier alpha value is -1.39. The highest BCUT2D eigenvalue weighted by Crippen LogP contribution is 2.34. The summed E-state index contributed by atoms with van der Waals surface area (Å²) in [5, 5.41) is 4.28. The number of hydrogen-bond donors (Lipinski definition) is 2. The third kappa shape index (κ3) is 1.73. The molecule has 1 heterocycles. The summed E-state index contributed by atoms with van der Waals surface area (Å²) in [5.41, 5.74) is -1.13. The quantitative estimate of drug-likeness (QED) is 0.679. The first-order valence-electron chi connectivity index (χ1n) is 5.13. The van der Waals surface area contributed by atoms with Gasteiger partial charge in [-0.25, -0.2) is 4.79 Å². The van der Waals surface area contributed by atoms with Crippen LogP contribution in [-0.4, -0.2) is 17.8 Å². The fourth-order valence-electron chi connectivity index (χ4n) is 2.08. The fourth-order valence-corrected chi connectivity index (χ4v) is 2.08. The smallest absolute Gasteiger partial charge is 0.277 e. The number of carbonyl (C=O) groups is 3. The molecule has 5 heteroatoms. The molecule has 0 spiro atoms. The van der Waals surface area contributed by atoms with Gasteiger partial charge < -0.3 is 0 Å². The minimum Gasteiger partial charge on any atom is -0.277 e. The van der Waals surface area contributed by atoms with Crippen LogP contribution >= 0.6 is 0 Å². The van der Waals surface area contributed by atoms with Crippen molar-refractivity contribution in [3.63, 3.8) is 0 Å². The number of urea groups is 1. The summed E-state index contributed by atoms with van der Waals surface area (Å²) in [6.45, 7) is 5.44. The molecule has 4 amide bonds. The number of carbonyl (C=O) groups excluding carboxylic acids is 3. The van der Waals surface area contributed by atoms with Crippen molar-refractivity contribution in [1.82, 2.24) is 10.6 Å². The van der Waals surface area contributed by atoms with E-state index >= 15 is 0 Å². The number of barbiturate groups is 1. The lowest BCUT2D eigenvalue weighted by molar-refractivity contribution is -0.147. The lowest BCUT2D eigenvalue weighted by Gasteiger charge is -2.36. The van der Waals surface area contributed by atoms with Gasteiger partial charge in [-0.05, 0) is 12.8 Å². The largest absolute Gasteiger partial charge is 0.328 e. The maximum atomic E-state index is 11.7. The normalized spacial score (nSPS) is 20.1. The highest BCUT2D eigenvalue weighted by Gasteiger charge is 2.50. The molecule has 0 atom stereocenters. The van der Waals surface area contributed by atoms with Crippen molar-refractivity contribution < 1.29 is 14.4 Å². The van der Waals surface area contributed by atoms with E-state index in [4.69, 9.17) is 0 Å². The van der Waals surface area contributed by atoms with Gasteiger partial charge in [0.05, 0.1) is 0 Å². The van der Waals surface area contributed by atoms with Crippen molar-refractivity contribution in [2.45, 2.75) is 33.6 Å². The maximum absolute atomic E-state index is 11.7. The van der Waals surface area contributed by atoms with Crippen LogP contribution in [0.25, 0.3) is 0 Å². The lowest BCUT2D eigenvalue weighted by Crippen LogP contribution is -2.63. The minimum atomic E-state index is -1.13. The summed E-state index contributed by atoms with van der Waals surface area (Å²) < 4.78 is 0. The van der Waals surface area contributed by atoms with E-state index in [-0.39, 0.29) is 5.92 Å². The van der Waals surface area contributed by atoms with Crippen molar-refractivity contribution in [2.24, 2.45) is 11.3 Å². The van der Waals surface area contributed by atoms with Crippen LogP contribution in [0.3, 0.4) is 0 Å². The Labute approximate surface area is 88.6 Å². The molecular weight excluding hydrogens is 196 g/mol. The third-order valence-corrected chi connectivity index (χ3v) is 3.20. The zero-order valence-corrected chi connectivity index (χ0v) is 9.22. The average molecular weight is 212 g/mol. The minimum absolute atomic E-state index is 0.0504. The molecule has 1 rings (SSSR count). The molecular formula is C10H16N2O3. The fraction of sp³-hybridized carbons (Fsp3) is 0.700. The Morgan fingerprint density at radius 1 is 1.07 bits per heavy atom. The molecule has 0 aromatic carbocycles. The first-order chi connectivity index (χ1) is 6.96. The summed E-state index contributed by atoms with van der Waals surface area (Å²) in [5.74, 6) is -1.04. The van der Waals surface area contributed by atoms with Crippen molar-refractivity contribution in [3.05, 3.63) is 0 Å². The highest BCUT2D eigenvalue weighted by atomic mass is 16.2. The first kappa shape index (κ1) is 11.7. The van der Waals surface area contributed by atoms with E-state index in [0.717, 1.165) is 12.8 Å². The zero-order valence-electron chi connectivity index (χ0n) is 9.22. The summed E-state index contributed by atoms with van der Waals surface area (Å²) in [6, 6.07) is -0.728. The molecule has 0 radical (unpaired) electrons. The van der Waals surface area contributed by atoms with Gasteiger partial charge in [0.2, 0.25) is 11.8 Å². The molecule has 1 aliphatic heterocycles. The number of nitrogens with one attached hydrogen (secondary N) is 2.